The summed E-state index contributed by atoms with van der Waals surface area (Å²) in [5, 5.41) is 2.73. The van der Waals surface area contributed by atoms with Crippen LogP contribution >= 0.6 is 7.60 Å². The molecule has 0 unspecified atom stereocenters. The predicted molar refractivity (Wildman–Crippen MR) is 146 cm³/mol. The maximum Gasteiger partial charge on any atom is 0.399 e. The molecule has 1 amide bonds. The largest absolute Gasteiger partial charge is 0.497 e. The number of halogens is 2. The first-order chi connectivity index (χ1) is 18.8. The quantitative estimate of drug-likeness (QED) is 0.163. The lowest BCUT2D eigenvalue weighted by molar-refractivity contribution is -0.122. The van der Waals surface area contributed by atoms with Crippen molar-refractivity contribution < 1.29 is 41.1 Å². The number of sulfonamides is 1. The number of nitrogens with one attached hydrogen (secondary N) is 2. The summed E-state index contributed by atoms with van der Waals surface area (Å²) in [7, 11) is -8.48. The number of alkyl halides is 2. The Bertz CT molecular complexity index is 1420. The third-order valence-electron chi connectivity index (χ3n) is 6.12. The summed E-state index contributed by atoms with van der Waals surface area (Å²) < 4.78 is 72.8. The molecule has 216 valence electrons. The van der Waals surface area contributed by atoms with Crippen molar-refractivity contribution in [1.82, 2.24) is 10.0 Å². The Kier molecular flexibility index (Phi) is 10.6. The van der Waals surface area contributed by atoms with Gasteiger partial charge < -0.3 is 19.8 Å². The normalized spacial score (nSPS) is 13.0. The summed E-state index contributed by atoms with van der Waals surface area (Å²) in [5.74, 6) is -0.169. The summed E-state index contributed by atoms with van der Waals surface area (Å²) in [4.78, 5) is 30.9. The van der Waals surface area contributed by atoms with Gasteiger partial charge in [0.1, 0.15) is 11.8 Å². The molecule has 0 aliphatic heterocycles. The van der Waals surface area contributed by atoms with E-state index in [1.165, 1.54) is 43.5 Å². The van der Waals surface area contributed by atoms with Gasteiger partial charge in [-0.2, -0.15) is 13.5 Å². The minimum absolute atomic E-state index is 0.106. The van der Waals surface area contributed by atoms with E-state index >= 15 is 0 Å². The number of ether oxygens (including phenoxy) is 1. The molecule has 40 heavy (non-hydrogen) atoms. The summed E-state index contributed by atoms with van der Waals surface area (Å²) in [6, 6.07) is 18.1. The van der Waals surface area contributed by atoms with E-state index in [1.54, 1.807) is 0 Å². The molecular formula is C27H31F2N2O7PS. The first-order valence-electron chi connectivity index (χ1n) is 12.3. The van der Waals surface area contributed by atoms with Crippen molar-refractivity contribution in [2.24, 2.45) is 0 Å². The van der Waals surface area contributed by atoms with Gasteiger partial charge in [0.05, 0.1) is 12.0 Å². The van der Waals surface area contributed by atoms with Gasteiger partial charge in [-0.25, -0.2) is 8.42 Å². The van der Waals surface area contributed by atoms with Gasteiger partial charge in [0.2, 0.25) is 15.9 Å². The van der Waals surface area contributed by atoms with Gasteiger partial charge in [-0.1, -0.05) is 54.6 Å². The number of hydrogen-bond acceptors (Lipinski definition) is 5. The molecule has 0 radical (unpaired) electrons. The predicted octanol–water partition coefficient (Wildman–Crippen LogP) is 3.95. The van der Waals surface area contributed by atoms with Crippen molar-refractivity contribution in [2.75, 3.05) is 13.7 Å². The lowest BCUT2D eigenvalue weighted by atomic mass is 10.0. The molecule has 3 rings (SSSR count). The first-order valence-corrected chi connectivity index (χ1v) is 15.4. The fraction of sp³-hybridized carbons (Fsp3) is 0.296. The number of carbonyl (C=O) groups is 1. The van der Waals surface area contributed by atoms with Gasteiger partial charge in [-0.05, 0) is 61.1 Å². The monoisotopic (exact) mass is 596 g/mol. The minimum Gasteiger partial charge on any atom is -0.497 e. The molecule has 0 aromatic heterocycles. The van der Waals surface area contributed by atoms with Crippen LogP contribution in [0.15, 0.2) is 83.8 Å². The van der Waals surface area contributed by atoms with Crippen LogP contribution in [0.3, 0.4) is 0 Å². The lowest BCUT2D eigenvalue weighted by Gasteiger charge is -2.20. The highest BCUT2D eigenvalue weighted by atomic mass is 32.2. The van der Waals surface area contributed by atoms with Crippen LogP contribution in [0.25, 0.3) is 0 Å². The standard InChI is InChI=1S/C27H31F2N2O7PS/c1-38-23-14-16-24(17-15-23)40(36,37)31-25(26(32)30-18-6-5-9-20-7-3-2-4-8-20)19-21-10-12-22(13-11-21)27(28,29)39(33,34)35/h2-4,7-8,10-17,25,31H,5-6,9,18-19H2,1H3,(H,30,32)(H2,33,34,35)/t25-/m0/s1. The Morgan fingerprint density at radius 1 is 0.950 bits per heavy atom. The van der Waals surface area contributed by atoms with Crippen molar-refractivity contribution in [3.8, 4) is 5.75 Å². The van der Waals surface area contributed by atoms with Gasteiger partial charge in [-0.15, -0.1) is 0 Å². The number of benzene rings is 3. The maximum absolute atomic E-state index is 14.0. The van der Waals surface area contributed by atoms with Crippen LogP contribution in [-0.2, 0) is 37.9 Å². The molecule has 0 saturated heterocycles. The molecular weight excluding hydrogens is 565 g/mol. The molecule has 0 aliphatic carbocycles. The van der Waals surface area contributed by atoms with Gasteiger partial charge in [0, 0.05) is 12.1 Å². The van der Waals surface area contributed by atoms with Crippen molar-refractivity contribution >= 4 is 23.5 Å². The zero-order valence-electron chi connectivity index (χ0n) is 21.7. The van der Waals surface area contributed by atoms with E-state index in [0.717, 1.165) is 30.5 Å². The molecule has 1 atom stereocenters. The lowest BCUT2D eigenvalue weighted by Crippen LogP contribution is -2.48. The molecule has 3 aromatic carbocycles. The van der Waals surface area contributed by atoms with Crippen molar-refractivity contribution in [3.63, 3.8) is 0 Å². The van der Waals surface area contributed by atoms with Crippen LogP contribution in [0.4, 0.5) is 8.78 Å². The van der Waals surface area contributed by atoms with Crippen molar-refractivity contribution in [3.05, 3.63) is 95.6 Å². The second-order valence-electron chi connectivity index (χ2n) is 9.07. The highest BCUT2D eigenvalue weighted by Gasteiger charge is 2.50. The number of unbranched alkanes of at least 4 members (excludes halogenated alkanes) is 1. The molecule has 4 N–H and O–H groups in total. The van der Waals surface area contributed by atoms with Crippen LogP contribution in [0.5, 0.6) is 5.75 Å². The molecule has 0 aliphatic rings. The van der Waals surface area contributed by atoms with Crippen LogP contribution in [0.1, 0.15) is 29.5 Å². The molecule has 0 bridgehead atoms. The Labute approximate surface area is 231 Å². The molecule has 0 spiro atoms. The molecule has 0 heterocycles. The van der Waals surface area contributed by atoms with Gasteiger partial charge in [0.25, 0.3) is 0 Å². The summed E-state index contributed by atoms with van der Waals surface area (Å²) in [5.41, 5.74) is -3.83. The third kappa shape index (κ3) is 8.42. The smallest absolute Gasteiger partial charge is 0.399 e. The van der Waals surface area contributed by atoms with E-state index in [9.17, 15) is 26.6 Å². The SMILES string of the molecule is COc1ccc(S(=O)(=O)N[C@@H](Cc2ccc(C(F)(F)P(=O)(O)O)cc2)C(=O)NCCCCc2ccccc2)cc1. The number of amides is 1. The number of carbonyl (C=O) groups excluding carboxylic acids is 1. The number of methoxy groups -OCH3 is 1. The number of aryl methyl sites for hydroxylation is 1. The van der Waals surface area contributed by atoms with Gasteiger partial charge in [-0.3, -0.25) is 9.36 Å². The van der Waals surface area contributed by atoms with E-state index in [-0.39, 0.29) is 11.3 Å². The number of rotatable bonds is 14. The van der Waals surface area contributed by atoms with E-state index in [0.29, 0.717) is 24.3 Å². The van der Waals surface area contributed by atoms with E-state index in [1.807, 2.05) is 30.3 Å². The Balaban J connectivity index is 1.73. The van der Waals surface area contributed by atoms with Crippen LogP contribution in [-0.4, -0.2) is 43.8 Å². The Morgan fingerprint density at radius 3 is 2.15 bits per heavy atom. The fourth-order valence-corrected chi connectivity index (χ4v) is 5.56. The zero-order valence-corrected chi connectivity index (χ0v) is 23.4. The van der Waals surface area contributed by atoms with E-state index < -0.39 is 40.8 Å². The van der Waals surface area contributed by atoms with Crippen LogP contribution in [0, 0.1) is 0 Å². The van der Waals surface area contributed by atoms with Crippen molar-refractivity contribution in [1.29, 1.82) is 0 Å². The Hall–Kier alpha value is -3.15. The Morgan fingerprint density at radius 2 is 1.57 bits per heavy atom. The highest BCUT2D eigenvalue weighted by molar-refractivity contribution is 7.89. The average molecular weight is 597 g/mol. The summed E-state index contributed by atoms with van der Waals surface area (Å²) in [6.45, 7) is 0.292. The van der Waals surface area contributed by atoms with Gasteiger partial charge in [0.15, 0.2) is 0 Å². The summed E-state index contributed by atoms with van der Waals surface area (Å²) >= 11 is 0. The average Bonchev–Trinajstić information content (AvgIpc) is 2.92. The molecule has 0 saturated carbocycles. The van der Waals surface area contributed by atoms with Crippen LogP contribution < -0.4 is 14.8 Å². The molecule has 13 heteroatoms. The zero-order chi connectivity index (χ0) is 29.4. The number of hydrogen-bond donors (Lipinski definition) is 4. The topological polar surface area (TPSA) is 142 Å². The highest BCUT2D eigenvalue weighted by Crippen LogP contribution is 2.59. The second-order valence-corrected chi connectivity index (χ2v) is 12.4. The third-order valence-corrected chi connectivity index (χ3v) is 8.60. The summed E-state index contributed by atoms with van der Waals surface area (Å²) in [6.07, 6.45) is 2.05. The first kappa shape index (κ1) is 31.4. The second kappa shape index (κ2) is 13.5. The maximum atomic E-state index is 14.0. The van der Waals surface area contributed by atoms with Crippen LogP contribution in [0.2, 0.25) is 0 Å². The molecule has 9 nitrogen and oxygen atoms in total. The molecule has 0 fully saturated rings. The van der Waals surface area contributed by atoms with E-state index in [4.69, 9.17) is 14.5 Å². The van der Waals surface area contributed by atoms with Crippen molar-refractivity contribution in [2.45, 2.75) is 42.3 Å². The minimum atomic E-state index is -5.75. The molecule has 3 aromatic rings. The van der Waals surface area contributed by atoms with E-state index in [2.05, 4.69) is 10.0 Å². The van der Waals surface area contributed by atoms with Gasteiger partial charge >= 0.3 is 13.3 Å². The fourth-order valence-electron chi connectivity index (χ4n) is 3.88.